The fraction of sp³-hybridized carbons (Fsp3) is 0.370. The Balaban J connectivity index is 2.01. The average Bonchev–Trinajstić information content (AvgIpc) is 2.86. The summed E-state index contributed by atoms with van der Waals surface area (Å²) in [5.74, 6) is -0.574. The van der Waals surface area contributed by atoms with Gasteiger partial charge in [-0.2, -0.15) is 11.8 Å². The van der Waals surface area contributed by atoms with Crippen LogP contribution in [-0.4, -0.2) is 49.1 Å². The van der Waals surface area contributed by atoms with Crippen molar-refractivity contribution in [2.45, 2.75) is 31.1 Å². The number of rotatable bonds is 10. The van der Waals surface area contributed by atoms with Gasteiger partial charge in [-0.1, -0.05) is 48.5 Å². The van der Waals surface area contributed by atoms with Crippen molar-refractivity contribution in [2.24, 2.45) is 10.9 Å². The molecular weight excluding hydrogens is 466 g/mol. The maximum Gasteiger partial charge on any atom is 0.336 e. The zero-order valence-corrected chi connectivity index (χ0v) is 21.7. The highest BCUT2D eigenvalue weighted by Crippen LogP contribution is 2.43. The van der Waals surface area contributed by atoms with Crippen molar-refractivity contribution in [3.05, 3.63) is 77.0 Å². The Bertz CT molecular complexity index is 1070. The maximum absolute atomic E-state index is 13.3. The standard InChI is InChI=1S/C27H31NO4S2/c1-5-32-27(30)25-21(17-34-16-15-19-11-7-6-8-12-19)28-18(2)23(26(29)31-3)24(25)20-13-9-10-14-22(20)33-4/h6-14,23-24H,5,15-17H2,1-4H3. The lowest BCUT2D eigenvalue weighted by atomic mass is 9.75. The minimum atomic E-state index is -0.684. The third kappa shape index (κ3) is 6.13. The Hall–Kier alpha value is -2.51. The van der Waals surface area contributed by atoms with Gasteiger partial charge in [0.1, 0.15) is 5.92 Å². The van der Waals surface area contributed by atoms with Crippen LogP contribution in [0.5, 0.6) is 0 Å². The second kappa shape index (κ2) is 12.8. The van der Waals surface area contributed by atoms with E-state index >= 15 is 0 Å². The molecule has 1 aliphatic heterocycles. The van der Waals surface area contributed by atoms with E-state index in [1.807, 2.05) is 55.6 Å². The lowest BCUT2D eigenvalue weighted by molar-refractivity contribution is -0.144. The summed E-state index contributed by atoms with van der Waals surface area (Å²) >= 11 is 3.31. The largest absolute Gasteiger partial charge is 0.468 e. The van der Waals surface area contributed by atoms with Gasteiger partial charge in [-0.05, 0) is 49.5 Å². The highest BCUT2D eigenvalue weighted by molar-refractivity contribution is 7.99. The third-order valence-electron chi connectivity index (χ3n) is 5.76. The minimum absolute atomic E-state index is 0.249. The van der Waals surface area contributed by atoms with Crippen LogP contribution in [0.15, 0.2) is 75.8 Å². The number of hydrogen-bond acceptors (Lipinski definition) is 7. The van der Waals surface area contributed by atoms with E-state index in [1.54, 1.807) is 30.4 Å². The number of aliphatic imine (C=N–C) groups is 1. The molecule has 0 aromatic heterocycles. The Kier molecular flexibility index (Phi) is 9.84. The van der Waals surface area contributed by atoms with Crippen molar-refractivity contribution in [3.8, 4) is 0 Å². The lowest BCUT2D eigenvalue weighted by Gasteiger charge is -2.32. The normalized spacial score (nSPS) is 17.8. The molecule has 34 heavy (non-hydrogen) atoms. The van der Waals surface area contributed by atoms with Gasteiger partial charge >= 0.3 is 11.9 Å². The molecule has 0 aliphatic carbocycles. The number of ether oxygens (including phenoxy) is 2. The number of nitrogens with zero attached hydrogens (tertiary/aromatic N) is 1. The van der Waals surface area contributed by atoms with E-state index in [9.17, 15) is 9.59 Å². The van der Waals surface area contributed by atoms with Crippen LogP contribution >= 0.6 is 23.5 Å². The first kappa shape index (κ1) is 26.1. The first-order valence-corrected chi connectivity index (χ1v) is 13.7. The molecule has 0 saturated heterocycles. The van der Waals surface area contributed by atoms with E-state index in [0.29, 0.717) is 22.7 Å². The Morgan fingerprint density at radius 1 is 1.06 bits per heavy atom. The number of aryl methyl sites for hydroxylation is 1. The molecule has 0 spiro atoms. The van der Waals surface area contributed by atoms with Crippen molar-refractivity contribution >= 4 is 41.2 Å². The summed E-state index contributed by atoms with van der Waals surface area (Å²) in [5.41, 5.74) is 3.97. The van der Waals surface area contributed by atoms with Crippen molar-refractivity contribution in [2.75, 3.05) is 31.5 Å². The van der Waals surface area contributed by atoms with E-state index in [-0.39, 0.29) is 6.61 Å². The number of methoxy groups -OCH3 is 1. The van der Waals surface area contributed by atoms with E-state index in [1.165, 1.54) is 12.7 Å². The van der Waals surface area contributed by atoms with Gasteiger partial charge < -0.3 is 9.47 Å². The van der Waals surface area contributed by atoms with Gasteiger partial charge in [-0.15, -0.1) is 11.8 Å². The smallest absolute Gasteiger partial charge is 0.336 e. The molecule has 0 radical (unpaired) electrons. The Morgan fingerprint density at radius 2 is 1.76 bits per heavy atom. The monoisotopic (exact) mass is 497 g/mol. The van der Waals surface area contributed by atoms with Crippen LogP contribution in [0.1, 0.15) is 30.9 Å². The van der Waals surface area contributed by atoms with Crippen molar-refractivity contribution < 1.29 is 19.1 Å². The van der Waals surface area contributed by atoms with Crippen LogP contribution in [0.25, 0.3) is 0 Å². The van der Waals surface area contributed by atoms with Gasteiger partial charge in [0.2, 0.25) is 0 Å². The Morgan fingerprint density at radius 3 is 2.44 bits per heavy atom. The molecule has 1 aliphatic rings. The quantitative estimate of drug-likeness (QED) is 0.244. The predicted octanol–water partition coefficient (Wildman–Crippen LogP) is 5.55. The van der Waals surface area contributed by atoms with Gasteiger partial charge in [0, 0.05) is 22.3 Å². The zero-order valence-electron chi connectivity index (χ0n) is 20.1. The first-order valence-electron chi connectivity index (χ1n) is 11.3. The third-order valence-corrected chi connectivity index (χ3v) is 7.54. The molecule has 2 atom stereocenters. The number of benzene rings is 2. The van der Waals surface area contributed by atoms with Crippen molar-refractivity contribution in [3.63, 3.8) is 0 Å². The summed E-state index contributed by atoms with van der Waals surface area (Å²) in [6, 6.07) is 18.2. The van der Waals surface area contributed by atoms with Gasteiger partial charge in [0.15, 0.2) is 0 Å². The van der Waals surface area contributed by atoms with Gasteiger partial charge in [0.05, 0.1) is 25.0 Å². The van der Waals surface area contributed by atoms with Crippen LogP contribution in [0, 0.1) is 5.92 Å². The second-order valence-electron chi connectivity index (χ2n) is 7.84. The number of carbonyl (C=O) groups is 2. The summed E-state index contributed by atoms with van der Waals surface area (Å²) in [4.78, 5) is 32.0. The summed E-state index contributed by atoms with van der Waals surface area (Å²) < 4.78 is 10.6. The molecule has 0 bridgehead atoms. The van der Waals surface area contributed by atoms with Gasteiger partial charge in [0.25, 0.3) is 0 Å². The number of esters is 2. The first-order chi connectivity index (χ1) is 16.5. The number of hydrogen-bond donors (Lipinski definition) is 0. The Labute approximate surface area is 210 Å². The molecule has 5 nitrogen and oxygen atoms in total. The number of thioether (sulfide) groups is 2. The summed E-state index contributed by atoms with van der Waals surface area (Å²) in [5, 5.41) is 0. The van der Waals surface area contributed by atoms with E-state index in [2.05, 4.69) is 12.1 Å². The topological polar surface area (TPSA) is 65.0 Å². The van der Waals surface area contributed by atoms with Crippen molar-refractivity contribution in [1.82, 2.24) is 0 Å². The molecule has 0 N–H and O–H groups in total. The van der Waals surface area contributed by atoms with Crippen molar-refractivity contribution in [1.29, 1.82) is 0 Å². The van der Waals surface area contributed by atoms with Crippen LogP contribution in [0.4, 0.5) is 0 Å². The molecule has 0 amide bonds. The summed E-state index contributed by atoms with van der Waals surface area (Å²) in [6.07, 6.45) is 2.92. The molecule has 180 valence electrons. The molecule has 0 saturated carbocycles. The second-order valence-corrected chi connectivity index (χ2v) is 9.80. The van der Waals surface area contributed by atoms with Crippen LogP contribution in [-0.2, 0) is 25.5 Å². The van der Waals surface area contributed by atoms with Gasteiger partial charge in [-0.3, -0.25) is 9.79 Å². The zero-order chi connectivity index (χ0) is 24.5. The predicted molar refractivity (Wildman–Crippen MR) is 141 cm³/mol. The molecule has 2 unspecified atom stereocenters. The fourth-order valence-electron chi connectivity index (χ4n) is 4.19. The molecule has 2 aromatic carbocycles. The molecule has 1 heterocycles. The summed E-state index contributed by atoms with van der Waals surface area (Å²) in [7, 11) is 1.37. The highest BCUT2D eigenvalue weighted by Gasteiger charge is 2.43. The maximum atomic E-state index is 13.3. The van der Waals surface area contributed by atoms with Gasteiger partial charge in [-0.25, -0.2) is 4.79 Å². The molecule has 7 heteroatoms. The van der Waals surface area contributed by atoms with E-state index in [0.717, 1.165) is 22.6 Å². The summed E-state index contributed by atoms with van der Waals surface area (Å²) in [6.45, 7) is 3.87. The molecular formula is C27H31NO4S2. The average molecular weight is 498 g/mol. The van der Waals surface area contributed by atoms with Crippen LogP contribution < -0.4 is 0 Å². The fourth-order valence-corrected chi connectivity index (χ4v) is 5.77. The minimum Gasteiger partial charge on any atom is -0.468 e. The lowest BCUT2D eigenvalue weighted by Crippen LogP contribution is -2.37. The molecule has 2 aromatic rings. The molecule has 3 rings (SSSR count). The van der Waals surface area contributed by atoms with Crippen LogP contribution in [0.2, 0.25) is 0 Å². The van der Waals surface area contributed by atoms with E-state index in [4.69, 9.17) is 14.5 Å². The highest BCUT2D eigenvalue weighted by atomic mass is 32.2. The molecule has 0 fully saturated rings. The SMILES string of the molecule is CCOC(=O)C1=C(CSCCc2ccccc2)N=C(C)C(C(=O)OC)C1c1ccccc1SC. The van der Waals surface area contributed by atoms with E-state index < -0.39 is 23.8 Å². The van der Waals surface area contributed by atoms with Crippen LogP contribution in [0.3, 0.4) is 0 Å². The number of carbonyl (C=O) groups excluding carboxylic acids is 2.